The van der Waals surface area contributed by atoms with E-state index in [0.717, 1.165) is 54.8 Å². The summed E-state index contributed by atoms with van der Waals surface area (Å²) < 4.78 is 0. The van der Waals surface area contributed by atoms with Crippen LogP contribution in [0.1, 0.15) is 5.56 Å². The van der Waals surface area contributed by atoms with Crippen molar-refractivity contribution in [3.05, 3.63) is 79.1 Å². The van der Waals surface area contributed by atoms with Gasteiger partial charge in [0.15, 0.2) is 0 Å². The highest BCUT2D eigenvalue weighted by atomic mass is 16.1. The van der Waals surface area contributed by atoms with Crippen molar-refractivity contribution in [3.8, 4) is 0 Å². The van der Waals surface area contributed by atoms with E-state index in [4.69, 9.17) is 0 Å². The van der Waals surface area contributed by atoms with Gasteiger partial charge in [-0.3, -0.25) is 4.79 Å². The van der Waals surface area contributed by atoms with Crippen molar-refractivity contribution in [2.24, 2.45) is 0 Å². The van der Waals surface area contributed by atoms with Gasteiger partial charge in [0.1, 0.15) is 18.0 Å². The number of nitrogens with one attached hydrogen (secondary N) is 4. The molecule has 0 bridgehead atoms. The Labute approximate surface area is 187 Å². The van der Waals surface area contributed by atoms with Crippen LogP contribution >= 0.6 is 0 Å². The zero-order valence-corrected chi connectivity index (χ0v) is 17.8. The van der Waals surface area contributed by atoms with Crippen LogP contribution in [0, 0.1) is 0 Å². The van der Waals surface area contributed by atoms with E-state index >= 15 is 0 Å². The van der Waals surface area contributed by atoms with E-state index in [1.807, 2.05) is 30.3 Å². The van der Waals surface area contributed by atoms with E-state index in [0.29, 0.717) is 6.54 Å². The Morgan fingerprint density at radius 1 is 1.00 bits per heavy atom. The number of carbonyl (C=O) groups is 1. The number of amides is 1. The van der Waals surface area contributed by atoms with Gasteiger partial charge in [0.2, 0.25) is 5.91 Å². The van der Waals surface area contributed by atoms with Crippen LogP contribution < -0.4 is 26.2 Å². The second-order valence-electron chi connectivity index (χ2n) is 7.44. The maximum Gasteiger partial charge on any atom is 0.247 e. The molecule has 0 aliphatic carbocycles. The van der Waals surface area contributed by atoms with E-state index in [-0.39, 0.29) is 5.91 Å². The Morgan fingerprint density at radius 3 is 2.41 bits per heavy atom. The van der Waals surface area contributed by atoms with Gasteiger partial charge in [-0.2, -0.15) is 0 Å². The van der Waals surface area contributed by atoms with Crippen molar-refractivity contribution in [1.29, 1.82) is 0 Å². The van der Waals surface area contributed by atoms with Gasteiger partial charge in [0.25, 0.3) is 0 Å². The number of nitrogens with zero attached hydrogens (tertiary/aromatic N) is 3. The van der Waals surface area contributed by atoms with Gasteiger partial charge in [0, 0.05) is 55.9 Å². The molecule has 1 amide bonds. The van der Waals surface area contributed by atoms with E-state index in [1.165, 1.54) is 18.1 Å². The van der Waals surface area contributed by atoms with E-state index in [1.54, 1.807) is 0 Å². The lowest BCUT2D eigenvalue weighted by Gasteiger charge is -2.29. The van der Waals surface area contributed by atoms with Crippen LogP contribution in [-0.4, -0.2) is 42.1 Å². The van der Waals surface area contributed by atoms with E-state index in [2.05, 4.69) is 67.0 Å². The smallest absolute Gasteiger partial charge is 0.247 e. The standard InChI is InChI=1S/C24H27N7O/c1-2-24(32)30-20-5-3-18(4-6-20)16-26-22-15-23(28-17-27-22)29-19-7-9-21(10-8-19)31-13-11-25-12-14-31/h2-10,15,17,25H,1,11-14,16H2,(H,30,32)(H2,26,27,28,29). The molecule has 4 N–H and O–H groups in total. The van der Waals surface area contributed by atoms with Crippen LogP contribution in [0.2, 0.25) is 0 Å². The van der Waals surface area contributed by atoms with E-state index in [9.17, 15) is 4.79 Å². The summed E-state index contributed by atoms with van der Waals surface area (Å²) in [5.74, 6) is 1.22. The molecule has 0 radical (unpaired) electrons. The number of piperazine rings is 1. The van der Waals surface area contributed by atoms with Crippen molar-refractivity contribution in [3.63, 3.8) is 0 Å². The summed E-state index contributed by atoms with van der Waals surface area (Å²) >= 11 is 0. The van der Waals surface area contributed by atoms with Gasteiger partial charge < -0.3 is 26.2 Å². The number of hydrogen-bond acceptors (Lipinski definition) is 7. The Bertz CT molecular complexity index is 1040. The van der Waals surface area contributed by atoms with E-state index < -0.39 is 0 Å². The summed E-state index contributed by atoms with van der Waals surface area (Å²) in [5.41, 5.74) is 4.01. The fraction of sp³-hybridized carbons (Fsp3) is 0.208. The minimum atomic E-state index is -0.227. The van der Waals surface area contributed by atoms with Gasteiger partial charge in [-0.05, 0) is 48.0 Å². The molecule has 2 heterocycles. The summed E-state index contributed by atoms with van der Waals surface area (Å²) in [5, 5.41) is 12.7. The first kappa shape index (κ1) is 21.3. The molecular weight excluding hydrogens is 402 g/mol. The number of aromatic nitrogens is 2. The zero-order valence-electron chi connectivity index (χ0n) is 17.8. The molecule has 1 aliphatic heterocycles. The quantitative estimate of drug-likeness (QED) is 0.408. The Hall–Kier alpha value is -3.91. The third-order valence-corrected chi connectivity index (χ3v) is 5.17. The summed E-state index contributed by atoms with van der Waals surface area (Å²) in [4.78, 5) is 22.4. The van der Waals surface area contributed by atoms with Crippen LogP contribution in [-0.2, 0) is 11.3 Å². The predicted molar refractivity (Wildman–Crippen MR) is 129 cm³/mol. The average Bonchev–Trinajstić information content (AvgIpc) is 2.85. The highest BCUT2D eigenvalue weighted by Gasteiger charge is 2.10. The first-order valence-corrected chi connectivity index (χ1v) is 10.6. The van der Waals surface area contributed by atoms with Crippen molar-refractivity contribution in [1.82, 2.24) is 15.3 Å². The molecule has 3 aromatic rings. The fourth-order valence-corrected chi connectivity index (χ4v) is 3.44. The van der Waals surface area contributed by atoms with Crippen molar-refractivity contribution in [2.75, 3.05) is 47.0 Å². The number of rotatable bonds is 8. The third-order valence-electron chi connectivity index (χ3n) is 5.17. The van der Waals surface area contributed by atoms with Gasteiger partial charge in [-0.15, -0.1) is 0 Å². The van der Waals surface area contributed by atoms with Crippen molar-refractivity contribution in [2.45, 2.75) is 6.54 Å². The molecule has 8 heteroatoms. The van der Waals surface area contributed by atoms with Gasteiger partial charge in [-0.25, -0.2) is 9.97 Å². The molecule has 8 nitrogen and oxygen atoms in total. The Morgan fingerprint density at radius 2 is 1.69 bits per heavy atom. The summed E-state index contributed by atoms with van der Waals surface area (Å²) in [7, 11) is 0. The number of anilines is 5. The second kappa shape index (κ2) is 10.4. The Kier molecular flexibility index (Phi) is 6.94. The molecule has 4 rings (SSSR count). The number of benzene rings is 2. The molecule has 0 unspecified atom stereocenters. The Balaban J connectivity index is 1.32. The first-order valence-electron chi connectivity index (χ1n) is 10.6. The van der Waals surface area contributed by atoms with Crippen LogP contribution in [0.3, 0.4) is 0 Å². The maximum atomic E-state index is 11.4. The monoisotopic (exact) mass is 429 g/mol. The largest absolute Gasteiger partial charge is 0.369 e. The fourth-order valence-electron chi connectivity index (χ4n) is 3.44. The molecule has 1 aliphatic rings. The normalized spacial score (nSPS) is 13.3. The molecule has 164 valence electrons. The minimum Gasteiger partial charge on any atom is -0.369 e. The summed E-state index contributed by atoms with van der Waals surface area (Å²) in [6.45, 7) is 8.15. The lowest BCUT2D eigenvalue weighted by molar-refractivity contribution is -0.111. The summed E-state index contributed by atoms with van der Waals surface area (Å²) in [6, 6.07) is 17.9. The predicted octanol–water partition coefficient (Wildman–Crippen LogP) is 3.37. The van der Waals surface area contributed by atoms with Gasteiger partial charge in [0.05, 0.1) is 0 Å². The molecule has 0 saturated carbocycles. The number of carbonyl (C=O) groups excluding carboxylic acids is 1. The number of hydrogen-bond donors (Lipinski definition) is 4. The lowest BCUT2D eigenvalue weighted by Crippen LogP contribution is -2.43. The first-order chi connectivity index (χ1) is 15.7. The zero-order chi connectivity index (χ0) is 22.2. The highest BCUT2D eigenvalue weighted by molar-refractivity contribution is 5.98. The van der Waals surface area contributed by atoms with Gasteiger partial charge >= 0.3 is 0 Å². The van der Waals surface area contributed by atoms with Crippen molar-refractivity contribution >= 4 is 34.6 Å². The third kappa shape index (κ3) is 5.83. The lowest BCUT2D eigenvalue weighted by atomic mass is 10.2. The van der Waals surface area contributed by atoms with Crippen molar-refractivity contribution < 1.29 is 4.79 Å². The van der Waals surface area contributed by atoms with Crippen LogP contribution in [0.4, 0.5) is 28.7 Å². The minimum absolute atomic E-state index is 0.227. The average molecular weight is 430 g/mol. The molecule has 0 spiro atoms. The highest BCUT2D eigenvalue weighted by Crippen LogP contribution is 2.21. The topological polar surface area (TPSA) is 94.2 Å². The molecule has 1 aromatic heterocycles. The SMILES string of the molecule is C=CC(=O)Nc1ccc(CNc2cc(Nc3ccc(N4CCNCC4)cc3)ncn2)cc1. The molecule has 2 aromatic carbocycles. The molecular formula is C24H27N7O. The molecule has 1 fully saturated rings. The maximum absolute atomic E-state index is 11.4. The van der Waals surface area contributed by atoms with Crippen LogP contribution in [0.5, 0.6) is 0 Å². The summed E-state index contributed by atoms with van der Waals surface area (Å²) in [6.07, 6.45) is 2.78. The van der Waals surface area contributed by atoms with Gasteiger partial charge in [-0.1, -0.05) is 18.7 Å². The van der Waals surface area contributed by atoms with Crippen LogP contribution in [0.15, 0.2) is 73.6 Å². The molecule has 1 saturated heterocycles. The molecule has 32 heavy (non-hydrogen) atoms. The van der Waals surface area contributed by atoms with Crippen LogP contribution in [0.25, 0.3) is 0 Å². The molecule has 0 atom stereocenters. The second-order valence-corrected chi connectivity index (χ2v) is 7.44.